The standard InChI is InChI=1S/C22H22ClN3O2/c1-15-20(21(23)26(25-15)18-8-3-2-4-9-18)22(27)24-12-13-28-19-11-10-16-6-5-7-17(16)14-19/h2-4,8-11,14H,5-7,12-13H2,1H3,(H,24,27). The van der Waals surface area contributed by atoms with Crippen molar-refractivity contribution in [1.29, 1.82) is 0 Å². The number of para-hydroxylation sites is 1. The van der Waals surface area contributed by atoms with E-state index in [2.05, 4.69) is 22.5 Å². The van der Waals surface area contributed by atoms with Gasteiger partial charge in [-0.3, -0.25) is 4.79 Å². The van der Waals surface area contributed by atoms with Crippen molar-refractivity contribution >= 4 is 17.5 Å². The van der Waals surface area contributed by atoms with E-state index in [0.29, 0.717) is 29.6 Å². The third kappa shape index (κ3) is 3.76. The van der Waals surface area contributed by atoms with Crippen LogP contribution in [0.1, 0.15) is 33.6 Å². The largest absolute Gasteiger partial charge is 0.492 e. The Bertz CT molecular complexity index is 999. The molecular weight excluding hydrogens is 374 g/mol. The van der Waals surface area contributed by atoms with Gasteiger partial charge in [-0.15, -0.1) is 0 Å². The van der Waals surface area contributed by atoms with Crippen molar-refractivity contribution in [3.05, 3.63) is 76.1 Å². The number of nitrogens with zero attached hydrogens (tertiary/aromatic N) is 2. The van der Waals surface area contributed by atoms with Crippen LogP contribution in [-0.2, 0) is 12.8 Å². The average molecular weight is 396 g/mol. The van der Waals surface area contributed by atoms with Crippen LogP contribution < -0.4 is 10.1 Å². The molecule has 0 aliphatic heterocycles. The van der Waals surface area contributed by atoms with Crippen LogP contribution in [-0.4, -0.2) is 28.8 Å². The molecule has 6 heteroatoms. The van der Waals surface area contributed by atoms with Gasteiger partial charge in [0.2, 0.25) is 0 Å². The Morgan fingerprint density at radius 1 is 1.18 bits per heavy atom. The number of carbonyl (C=O) groups is 1. The predicted octanol–water partition coefficient (Wildman–Crippen LogP) is 4.13. The quantitative estimate of drug-likeness (QED) is 0.638. The van der Waals surface area contributed by atoms with Gasteiger partial charge in [-0.1, -0.05) is 35.9 Å². The number of nitrogens with one attached hydrogen (secondary N) is 1. The second kappa shape index (κ2) is 8.07. The second-order valence-electron chi connectivity index (χ2n) is 6.89. The van der Waals surface area contributed by atoms with E-state index >= 15 is 0 Å². The summed E-state index contributed by atoms with van der Waals surface area (Å²) in [5.74, 6) is 0.600. The van der Waals surface area contributed by atoms with Gasteiger partial charge in [-0.05, 0) is 61.6 Å². The number of aromatic nitrogens is 2. The third-order valence-electron chi connectivity index (χ3n) is 4.96. The van der Waals surface area contributed by atoms with Gasteiger partial charge in [0, 0.05) is 0 Å². The highest BCUT2D eigenvalue weighted by atomic mass is 35.5. The Hall–Kier alpha value is -2.79. The topological polar surface area (TPSA) is 56.2 Å². The number of rotatable bonds is 6. The molecule has 0 spiro atoms. The third-order valence-corrected chi connectivity index (χ3v) is 5.31. The van der Waals surface area contributed by atoms with Gasteiger partial charge in [-0.25, -0.2) is 4.68 Å². The highest BCUT2D eigenvalue weighted by Crippen LogP contribution is 2.26. The summed E-state index contributed by atoms with van der Waals surface area (Å²) < 4.78 is 7.36. The Morgan fingerprint density at radius 3 is 2.79 bits per heavy atom. The van der Waals surface area contributed by atoms with Gasteiger partial charge in [0.05, 0.1) is 23.5 Å². The lowest BCUT2D eigenvalue weighted by molar-refractivity contribution is 0.0946. The lowest BCUT2D eigenvalue weighted by Crippen LogP contribution is -2.28. The molecule has 0 bridgehead atoms. The molecule has 0 saturated heterocycles. The van der Waals surface area contributed by atoms with Crippen molar-refractivity contribution in [3.8, 4) is 11.4 Å². The molecule has 1 N–H and O–H groups in total. The van der Waals surface area contributed by atoms with Crippen LogP contribution in [0.5, 0.6) is 5.75 Å². The van der Waals surface area contributed by atoms with Crippen LogP contribution in [0.15, 0.2) is 48.5 Å². The van der Waals surface area contributed by atoms with E-state index in [1.54, 1.807) is 11.6 Å². The fourth-order valence-electron chi connectivity index (χ4n) is 3.56. The zero-order chi connectivity index (χ0) is 19.5. The number of amides is 1. The first-order valence-corrected chi connectivity index (χ1v) is 9.84. The van der Waals surface area contributed by atoms with Crippen molar-refractivity contribution in [3.63, 3.8) is 0 Å². The number of ether oxygens (including phenoxy) is 1. The molecule has 28 heavy (non-hydrogen) atoms. The molecule has 3 aromatic rings. The summed E-state index contributed by atoms with van der Waals surface area (Å²) in [6, 6.07) is 15.7. The number of benzene rings is 2. The summed E-state index contributed by atoms with van der Waals surface area (Å²) in [5, 5.41) is 7.58. The van der Waals surface area contributed by atoms with E-state index in [9.17, 15) is 4.79 Å². The van der Waals surface area contributed by atoms with Gasteiger partial charge < -0.3 is 10.1 Å². The lowest BCUT2D eigenvalue weighted by atomic mass is 10.1. The van der Waals surface area contributed by atoms with Crippen molar-refractivity contribution in [1.82, 2.24) is 15.1 Å². The molecule has 0 atom stereocenters. The molecule has 0 unspecified atom stereocenters. The zero-order valence-electron chi connectivity index (χ0n) is 15.7. The number of fused-ring (bicyclic) bond motifs is 1. The van der Waals surface area contributed by atoms with Crippen LogP contribution in [0.25, 0.3) is 5.69 Å². The first-order chi connectivity index (χ1) is 13.6. The number of carbonyl (C=O) groups excluding carboxylic acids is 1. The molecule has 0 radical (unpaired) electrons. The number of aryl methyl sites for hydroxylation is 3. The Morgan fingerprint density at radius 2 is 1.96 bits per heavy atom. The van der Waals surface area contributed by atoms with Crippen LogP contribution in [0.2, 0.25) is 5.15 Å². The van der Waals surface area contributed by atoms with Crippen molar-refractivity contribution in [2.45, 2.75) is 26.2 Å². The van der Waals surface area contributed by atoms with E-state index < -0.39 is 0 Å². The normalized spacial score (nSPS) is 12.6. The summed E-state index contributed by atoms with van der Waals surface area (Å²) in [5.41, 5.74) is 4.59. The highest BCUT2D eigenvalue weighted by Gasteiger charge is 2.20. The van der Waals surface area contributed by atoms with E-state index in [-0.39, 0.29) is 5.91 Å². The second-order valence-corrected chi connectivity index (χ2v) is 7.25. The van der Waals surface area contributed by atoms with Gasteiger partial charge >= 0.3 is 0 Å². The molecule has 1 heterocycles. The molecule has 144 valence electrons. The van der Waals surface area contributed by atoms with Crippen molar-refractivity contribution < 1.29 is 9.53 Å². The molecule has 1 amide bonds. The molecule has 0 fully saturated rings. The fourth-order valence-corrected chi connectivity index (χ4v) is 3.92. The molecule has 1 aliphatic rings. The van der Waals surface area contributed by atoms with Crippen LogP contribution >= 0.6 is 11.6 Å². The number of halogens is 1. The zero-order valence-corrected chi connectivity index (χ0v) is 16.5. The maximum atomic E-state index is 12.6. The van der Waals surface area contributed by atoms with Crippen LogP contribution in [0.3, 0.4) is 0 Å². The van der Waals surface area contributed by atoms with E-state index in [1.807, 2.05) is 36.4 Å². The SMILES string of the molecule is Cc1nn(-c2ccccc2)c(Cl)c1C(=O)NCCOc1ccc2c(c1)CCC2. The average Bonchev–Trinajstić information content (AvgIpc) is 3.29. The number of hydrogen-bond donors (Lipinski definition) is 1. The van der Waals surface area contributed by atoms with Crippen molar-refractivity contribution in [2.75, 3.05) is 13.2 Å². The summed E-state index contributed by atoms with van der Waals surface area (Å²) >= 11 is 6.43. The summed E-state index contributed by atoms with van der Waals surface area (Å²) in [7, 11) is 0. The highest BCUT2D eigenvalue weighted by molar-refractivity contribution is 6.33. The summed E-state index contributed by atoms with van der Waals surface area (Å²) in [6.07, 6.45) is 3.49. The lowest BCUT2D eigenvalue weighted by Gasteiger charge is -2.09. The molecule has 1 aromatic heterocycles. The summed E-state index contributed by atoms with van der Waals surface area (Å²) in [6.45, 7) is 2.57. The smallest absolute Gasteiger partial charge is 0.256 e. The van der Waals surface area contributed by atoms with E-state index in [1.165, 1.54) is 17.5 Å². The molecule has 1 aliphatic carbocycles. The fraction of sp³-hybridized carbons (Fsp3) is 0.273. The first kappa shape index (κ1) is 18.6. The minimum atomic E-state index is -0.248. The monoisotopic (exact) mass is 395 g/mol. The Labute approximate surface area is 169 Å². The van der Waals surface area contributed by atoms with Gasteiger partial charge in [0.1, 0.15) is 17.5 Å². The van der Waals surface area contributed by atoms with Crippen molar-refractivity contribution in [2.24, 2.45) is 0 Å². The first-order valence-electron chi connectivity index (χ1n) is 9.47. The van der Waals surface area contributed by atoms with Crippen LogP contribution in [0.4, 0.5) is 0 Å². The maximum Gasteiger partial charge on any atom is 0.256 e. The molecule has 2 aromatic carbocycles. The van der Waals surface area contributed by atoms with E-state index in [4.69, 9.17) is 16.3 Å². The maximum absolute atomic E-state index is 12.6. The van der Waals surface area contributed by atoms with Crippen LogP contribution in [0, 0.1) is 6.92 Å². The van der Waals surface area contributed by atoms with E-state index in [0.717, 1.165) is 24.3 Å². The summed E-state index contributed by atoms with van der Waals surface area (Å²) in [4.78, 5) is 12.6. The Balaban J connectivity index is 1.36. The molecular formula is C22H22ClN3O2. The molecule has 4 rings (SSSR count). The minimum Gasteiger partial charge on any atom is -0.492 e. The van der Waals surface area contributed by atoms with Gasteiger partial charge in [0.25, 0.3) is 5.91 Å². The molecule has 5 nitrogen and oxygen atoms in total. The number of hydrogen-bond acceptors (Lipinski definition) is 3. The van der Waals surface area contributed by atoms with Gasteiger partial charge in [0.15, 0.2) is 0 Å². The predicted molar refractivity (Wildman–Crippen MR) is 110 cm³/mol. The Kier molecular flexibility index (Phi) is 5.35. The van der Waals surface area contributed by atoms with Gasteiger partial charge in [-0.2, -0.15) is 5.10 Å². The minimum absolute atomic E-state index is 0.248. The molecule has 0 saturated carbocycles.